The lowest BCUT2D eigenvalue weighted by molar-refractivity contribution is 0.239. The lowest BCUT2D eigenvalue weighted by atomic mass is 10.0. The molecule has 0 spiro atoms. The molecule has 0 amide bonds. The lowest BCUT2D eigenvalue weighted by Crippen LogP contribution is -2.24. The molecule has 106 valence electrons. The molecule has 2 aromatic rings. The SMILES string of the molecule is Cc1nnc(CN2CCCC2c2ccc(Cl)cc2)n1C. The highest BCUT2D eigenvalue weighted by Gasteiger charge is 2.27. The molecule has 0 N–H and O–H groups in total. The van der Waals surface area contributed by atoms with Gasteiger partial charge in [-0.3, -0.25) is 4.90 Å². The summed E-state index contributed by atoms with van der Waals surface area (Å²) in [6, 6.07) is 8.67. The average Bonchev–Trinajstić information content (AvgIpc) is 3.02. The maximum Gasteiger partial charge on any atom is 0.146 e. The second-order valence-electron chi connectivity index (χ2n) is 5.40. The maximum atomic E-state index is 5.97. The fraction of sp³-hybridized carbons (Fsp3) is 0.467. The zero-order chi connectivity index (χ0) is 14.1. The zero-order valence-corrected chi connectivity index (χ0v) is 12.6. The molecule has 1 fully saturated rings. The summed E-state index contributed by atoms with van der Waals surface area (Å²) < 4.78 is 2.07. The molecule has 0 aliphatic carbocycles. The lowest BCUT2D eigenvalue weighted by Gasteiger charge is -2.24. The first kappa shape index (κ1) is 13.6. The van der Waals surface area contributed by atoms with E-state index in [1.807, 2.05) is 26.1 Å². The summed E-state index contributed by atoms with van der Waals surface area (Å²) in [6.07, 6.45) is 2.42. The highest BCUT2D eigenvalue weighted by molar-refractivity contribution is 6.30. The molecule has 3 rings (SSSR count). The van der Waals surface area contributed by atoms with Gasteiger partial charge in [0.2, 0.25) is 0 Å². The van der Waals surface area contributed by atoms with Gasteiger partial charge in [-0.25, -0.2) is 0 Å². The highest BCUT2D eigenvalue weighted by Crippen LogP contribution is 2.33. The Hall–Kier alpha value is -1.39. The van der Waals surface area contributed by atoms with Gasteiger partial charge in [-0.05, 0) is 44.0 Å². The van der Waals surface area contributed by atoms with Crippen molar-refractivity contribution in [3.63, 3.8) is 0 Å². The van der Waals surface area contributed by atoms with Crippen LogP contribution in [0.15, 0.2) is 24.3 Å². The number of aromatic nitrogens is 3. The Morgan fingerprint density at radius 2 is 2.00 bits per heavy atom. The van der Waals surface area contributed by atoms with Crippen LogP contribution in [0.1, 0.15) is 36.1 Å². The minimum absolute atomic E-state index is 0.462. The first-order chi connectivity index (χ1) is 9.65. The van der Waals surface area contributed by atoms with E-state index in [-0.39, 0.29) is 0 Å². The van der Waals surface area contributed by atoms with Crippen LogP contribution >= 0.6 is 11.6 Å². The predicted molar refractivity (Wildman–Crippen MR) is 79.6 cm³/mol. The van der Waals surface area contributed by atoms with Crippen molar-refractivity contribution < 1.29 is 0 Å². The van der Waals surface area contributed by atoms with E-state index in [2.05, 4.69) is 31.8 Å². The van der Waals surface area contributed by atoms with Gasteiger partial charge >= 0.3 is 0 Å². The second kappa shape index (κ2) is 5.54. The predicted octanol–water partition coefficient (Wildman–Crippen LogP) is 3.11. The van der Waals surface area contributed by atoms with Gasteiger partial charge in [0.1, 0.15) is 11.6 Å². The summed E-state index contributed by atoms with van der Waals surface area (Å²) in [5, 5.41) is 9.20. The van der Waals surface area contributed by atoms with Gasteiger partial charge in [-0.15, -0.1) is 10.2 Å². The van der Waals surface area contributed by atoms with Crippen molar-refractivity contribution in [2.45, 2.75) is 32.4 Å². The Balaban J connectivity index is 1.79. The summed E-state index contributed by atoms with van der Waals surface area (Å²) in [7, 11) is 2.03. The van der Waals surface area contributed by atoms with E-state index in [1.54, 1.807) is 0 Å². The van der Waals surface area contributed by atoms with Gasteiger partial charge in [-0.1, -0.05) is 23.7 Å². The van der Waals surface area contributed by atoms with Crippen molar-refractivity contribution in [2.75, 3.05) is 6.54 Å². The fourth-order valence-electron chi connectivity index (χ4n) is 2.85. The molecule has 20 heavy (non-hydrogen) atoms. The van der Waals surface area contributed by atoms with Crippen molar-refractivity contribution in [3.8, 4) is 0 Å². The fourth-order valence-corrected chi connectivity index (χ4v) is 2.97. The van der Waals surface area contributed by atoms with Crippen LogP contribution in [0.2, 0.25) is 5.02 Å². The normalized spacial score (nSPS) is 19.6. The third-order valence-electron chi connectivity index (χ3n) is 4.15. The Labute approximate surface area is 124 Å². The topological polar surface area (TPSA) is 34.0 Å². The summed E-state index contributed by atoms with van der Waals surface area (Å²) in [6.45, 7) is 3.95. The van der Waals surface area contributed by atoms with Crippen LogP contribution < -0.4 is 0 Å². The van der Waals surface area contributed by atoms with Crippen molar-refractivity contribution in [1.82, 2.24) is 19.7 Å². The van der Waals surface area contributed by atoms with Crippen LogP contribution in [0.25, 0.3) is 0 Å². The number of benzene rings is 1. The van der Waals surface area contributed by atoms with E-state index in [1.165, 1.54) is 18.4 Å². The zero-order valence-electron chi connectivity index (χ0n) is 11.9. The molecule has 1 aromatic heterocycles. The first-order valence-electron chi connectivity index (χ1n) is 6.99. The van der Waals surface area contributed by atoms with Crippen molar-refractivity contribution in [3.05, 3.63) is 46.5 Å². The van der Waals surface area contributed by atoms with Crippen molar-refractivity contribution in [2.24, 2.45) is 7.05 Å². The second-order valence-corrected chi connectivity index (χ2v) is 5.84. The third kappa shape index (κ3) is 2.58. The number of likely N-dealkylation sites (tertiary alicyclic amines) is 1. The Morgan fingerprint density at radius 3 is 2.65 bits per heavy atom. The van der Waals surface area contributed by atoms with Crippen LogP contribution in [0.5, 0.6) is 0 Å². The van der Waals surface area contributed by atoms with Gasteiger partial charge in [0, 0.05) is 18.1 Å². The average molecular weight is 291 g/mol. The van der Waals surface area contributed by atoms with Gasteiger partial charge in [0.25, 0.3) is 0 Å². The molecule has 1 aliphatic rings. The maximum absolute atomic E-state index is 5.97. The van der Waals surface area contributed by atoms with E-state index in [0.717, 1.165) is 29.8 Å². The van der Waals surface area contributed by atoms with Gasteiger partial charge in [0.15, 0.2) is 0 Å². The van der Waals surface area contributed by atoms with Crippen molar-refractivity contribution >= 4 is 11.6 Å². The number of nitrogens with zero attached hydrogens (tertiary/aromatic N) is 4. The van der Waals surface area contributed by atoms with Gasteiger partial charge in [0.05, 0.1) is 6.54 Å². The van der Waals surface area contributed by atoms with Crippen LogP contribution in [-0.2, 0) is 13.6 Å². The quantitative estimate of drug-likeness (QED) is 0.871. The van der Waals surface area contributed by atoms with E-state index in [0.29, 0.717) is 6.04 Å². The molecule has 1 unspecified atom stereocenters. The van der Waals surface area contributed by atoms with E-state index in [4.69, 9.17) is 11.6 Å². The van der Waals surface area contributed by atoms with E-state index < -0.39 is 0 Å². The Kier molecular flexibility index (Phi) is 3.76. The van der Waals surface area contributed by atoms with Gasteiger partial charge in [-0.2, -0.15) is 0 Å². The smallest absolute Gasteiger partial charge is 0.146 e. The molecule has 0 saturated carbocycles. The molecule has 0 bridgehead atoms. The van der Waals surface area contributed by atoms with Crippen molar-refractivity contribution in [1.29, 1.82) is 0 Å². The molecule has 1 aliphatic heterocycles. The largest absolute Gasteiger partial charge is 0.317 e. The molecule has 1 atom stereocenters. The number of hydrogen-bond donors (Lipinski definition) is 0. The summed E-state index contributed by atoms with van der Waals surface area (Å²) in [4.78, 5) is 2.48. The molecule has 1 aromatic carbocycles. The minimum atomic E-state index is 0.462. The molecular formula is C15H19ClN4. The number of aryl methyl sites for hydroxylation is 1. The summed E-state index contributed by atoms with van der Waals surface area (Å²) >= 11 is 5.97. The number of halogens is 1. The molecule has 2 heterocycles. The van der Waals surface area contributed by atoms with Crippen LogP contribution in [0.3, 0.4) is 0 Å². The number of hydrogen-bond acceptors (Lipinski definition) is 3. The minimum Gasteiger partial charge on any atom is -0.317 e. The van der Waals surface area contributed by atoms with Gasteiger partial charge < -0.3 is 4.57 Å². The molecule has 5 heteroatoms. The standard InChI is InChI=1S/C15H19ClN4/c1-11-17-18-15(19(11)2)10-20-9-3-4-14(20)12-5-7-13(16)8-6-12/h5-8,14H,3-4,9-10H2,1-2H3. The first-order valence-corrected chi connectivity index (χ1v) is 7.37. The third-order valence-corrected chi connectivity index (χ3v) is 4.40. The highest BCUT2D eigenvalue weighted by atomic mass is 35.5. The Morgan fingerprint density at radius 1 is 1.25 bits per heavy atom. The van der Waals surface area contributed by atoms with E-state index in [9.17, 15) is 0 Å². The molecule has 4 nitrogen and oxygen atoms in total. The Bertz CT molecular complexity index is 590. The number of rotatable bonds is 3. The monoisotopic (exact) mass is 290 g/mol. The molecular weight excluding hydrogens is 272 g/mol. The van der Waals surface area contributed by atoms with Crippen LogP contribution in [0.4, 0.5) is 0 Å². The van der Waals surface area contributed by atoms with Crippen LogP contribution in [-0.4, -0.2) is 26.2 Å². The summed E-state index contributed by atoms with van der Waals surface area (Å²) in [5.41, 5.74) is 1.34. The van der Waals surface area contributed by atoms with E-state index >= 15 is 0 Å². The summed E-state index contributed by atoms with van der Waals surface area (Å²) in [5.74, 6) is 1.99. The van der Waals surface area contributed by atoms with Crippen LogP contribution in [0, 0.1) is 6.92 Å². The molecule has 1 saturated heterocycles. The molecule has 0 radical (unpaired) electrons.